The van der Waals surface area contributed by atoms with Crippen molar-refractivity contribution in [2.75, 3.05) is 0 Å². The van der Waals surface area contributed by atoms with E-state index in [2.05, 4.69) is 55.1 Å². The van der Waals surface area contributed by atoms with E-state index in [0.717, 1.165) is 20.2 Å². The molecule has 0 radical (unpaired) electrons. The lowest BCUT2D eigenvalue weighted by atomic mass is 10.1. The molecule has 17 heavy (non-hydrogen) atoms. The minimum absolute atomic E-state index is 0.0454. The van der Waals surface area contributed by atoms with Crippen LogP contribution >= 0.6 is 45.2 Å². The topological polar surface area (TPSA) is 69.8 Å². The Balaban J connectivity index is 2.75. The van der Waals surface area contributed by atoms with Gasteiger partial charge in [0.25, 0.3) is 0 Å². The highest BCUT2D eigenvalue weighted by molar-refractivity contribution is 14.1. The number of phenolic OH excluding ortho intramolecular Hbond substituents is 1. The number of halogens is 2. The second-order valence-corrected chi connectivity index (χ2v) is 4.88. The summed E-state index contributed by atoms with van der Waals surface area (Å²) in [6.45, 7) is 0. The Morgan fingerprint density at radius 1 is 1.12 bits per heavy atom. The summed E-state index contributed by atoms with van der Waals surface area (Å²) in [6, 6.07) is 5.00. The minimum Gasteiger partial charge on any atom is -0.506 e. The van der Waals surface area contributed by atoms with E-state index >= 15 is 0 Å². The Hall–Kier alpha value is -0.690. The number of aromatic nitrogens is 2. The Bertz CT molecular complexity index is 622. The van der Waals surface area contributed by atoms with Gasteiger partial charge in [0.1, 0.15) is 11.8 Å². The molecular formula is C11H7I2N3O. The van der Waals surface area contributed by atoms with E-state index in [1.165, 1.54) is 6.07 Å². The zero-order chi connectivity index (χ0) is 12.4. The van der Waals surface area contributed by atoms with Crippen molar-refractivity contribution in [2.45, 2.75) is 8.86 Å². The molecule has 4 nitrogen and oxygen atoms in total. The number of hydrogen-bond donors (Lipinski definition) is 1. The van der Waals surface area contributed by atoms with Gasteiger partial charge in [-0.3, -0.25) is 0 Å². The maximum atomic E-state index is 9.60. The molecular weight excluding hydrogens is 444 g/mol. The van der Waals surface area contributed by atoms with Gasteiger partial charge in [-0.15, -0.1) is 0 Å². The molecule has 1 heterocycles. The maximum absolute atomic E-state index is 9.60. The number of alkyl halides is 2. The van der Waals surface area contributed by atoms with Crippen LogP contribution in [-0.4, -0.2) is 15.1 Å². The van der Waals surface area contributed by atoms with E-state index in [0.29, 0.717) is 11.0 Å². The van der Waals surface area contributed by atoms with Gasteiger partial charge < -0.3 is 5.11 Å². The summed E-state index contributed by atoms with van der Waals surface area (Å²) in [7, 11) is 0. The van der Waals surface area contributed by atoms with Gasteiger partial charge in [0.15, 0.2) is 0 Å². The molecule has 0 amide bonds. The number of aromatic hydroxyl groups is 1. The monoisotopic (exact) mass is 451 g/mol. The van der Waals surface area contributed by atoms with Crippen molar-refractivity contribution in [3.05, 3.63) is 29.1 Å². The highest BCUT2D eigenvalue weighted by atomic mass is 127. The molecule has 0 spiro atoms. The quantitative estimate of drug-likeness (QED) is 0.564. The molecule has 0 saturated carbocycles. The molecule has 0 fully saturated rings. The molecule has 1 N–H and O–H groups in total. The maximum Gasteiger partial charge on any atom is 0.135 e. The lowest BCUT2D eigenvalue weighted by Gasteiger charge is -2.06. The summed E-state index contributed by atoms with van der Waals surface area (Å²) >= 11 is 4.48. The molecule has 86 valence electrons. The van der Waals surface area contributed by atoms with Crippen LogP contribution in [-0.2, 0) is 8.86 Å². The van der Waals surface area contributed by atoms with Crippen molar-refractivity contribution in [1.82, 2.24) is 9.97 Å². The molecule has 1 aromatic carbocycles. The summed E-state index contributed by atoms with van der Waals surface area (Å²) in [5.74, 6) is -0.0454. The summed E-state index contributed by atoms with van der Waals surface area (Å²) in [4.78, 5) is 8.93. The van der Waals surface area contributed by atoms with Gasteiger partial charge in [0, 0.05) is 14.9 Å². The Kier molecular flexibility index (Phi) is 3.98. The third kappa shape index (κ3) is 2.44. The van der Waals surface area contributed by atoms with E-state index < -0.39 is 0 Å². The van der Waals surface area contributed by atoms with Gasteiger partial charge in [-0.1, -0.05) is 45.2 Å². The van der Waals surface area contributed by atoms with Crippen LogP contribution in [0.4, 0.5) is 0 Å². The first-order chi connectivity index (χ1) is 8.19. The van der Waals surface area contributed by atoms with Crippen molar-refractivity contribution in [3.63, 3.8) is 0 Å². The number of nitrogens with zero attached hydrogens (tertiary/aromatic N) is 3. The van der Waals surface area contributed by atoms with Crippen LogP contribution in [0.25, 0.3) is 11.0 Å². The molecule has 0 aliphatic carbocycles. The zero-order valence-corrected chi connectivity index (χ0v) is 12.9. The number of fused-ring (bicyclic) bond motifs is 1. The summed E-state index contributed by atoms with van der Waals surface area (Å²) in [6.07, 6.45) is 0. The lowest BCUT2D eigenvalue weighted by Crippen LogP contribution is -1.98. The predicted octanol–water partition coefficient (Wildman–Crippen LogP) is 3.08. The first-order valence-electron chi connectivity index (χ1n) is 4.74. The Morgan fingerprint density at radius 2 is 1.65 bits per heavy atom. The van der Waals surface area contributed by atoms with Crippen molar-refractivity contribution in [1.29, 1.82) is 5.26 Å². The summed E-state index contributed by atoms with van der Waals surface area (Å²) in [5.41, 5.74) is 3.37. The normalized spacial score (nSPS) is 10.4. The Labute approximate surface area is 125 Å². The van der Waals surface area contributed by atoms with Crippen molar-refractivity contribution in [3.8, 4) is 11.8 Å². The van der Waals surface area contributed by atoms with Crippen molar-refractivity contribution >= 4 is 56.2 Å². The third-order valence-electron chi connectivity index (χ3n) is 2.31. The molecule has 0 atom stereocenters. The van der Waals surface area contributed by atoms with Crippen molar-refractivity contribution < 1.29 is 5.11 Å². The van der Waals surface area contributed by atoms with Gasteiger partial charge in [0.05, 0.1) is 28.0 Å². The zero-order valence-electron chi connectivity index (χ0n) is 8.61. The van der Waals surface area contributed by atoms with E-state index in [4.69, 9.17) is 5.26 Å². The number of hydrogen-bond acceptors (Lipinski definition) is 4. The first kappa shape index (κ1) is 12.8. The molecule has 0 bridgehead atoms. The van der Waals surface area contributed by atoms with Gasteiger partial charge in [-0.25, -0.2) is 9.97 Å². The highest BCUT2D eigenvalue weighted by Crippen LogP contribution is 2.24. The van der Waals surface area contributed by atoms with Crippen LogP contribution in [0.3, 0.4) is 0 Å². The Morgan fingerprint density at radius 3 is 2.12 bits per heavy atom. The molecule has 2 aromatic rings. The van der Waals surface area contributed by atoms with E-state index in [-0.39, 0.29) is 11.3 Å². The molecule has 0 aliphatic rings. The second kappa shape index (κ2) is 5.30. The van der Waals surface area contributed by atoms with E-state index in [9.17, 15) is 5.11 Å². The fourth-order valence-corrected chi connectivity index (χ4v) is 2.69. The van der Waals surface area contributed by atoms with Gasteiger partial charge in [-0.2, -0.15) is 5.26 Å². The van der Waals surface area contributed by atoms with Crippen LogP contribution in [0.15, 0.2) is 12.1 Å². The lowest BCUT2D eigenvalue weighted by molar-refractivity contribution is 0.474. The average molecular weight is 451 g/mol. The van der Waals surface area contributed by atoms with Gasteiger partial charge in [0.2, 0.25) is 0 Å². The number of benzene rings is 1. The average Bonchev–Trinajstić information content (AvgIpc) is 2.36. The van der Waals surface area contributed by atoms with Gasteiger partial charge >= 0.3 is 0 Å². The van der Waals surface area contributed by atoms with E-state index in [1.54, 1.807) is 6.07 Å². The minimum atomic E-state index is -0.0454. The van der Waals surface area contributed by atoms with Crippen LogP contribution < -0.4 is 0 Å². The SMILES string of the molecule is N#Cc1cc2nc(CI)c(CI)nc2cc1O. The van der Waals surface area contributed by atoms with E-state index in [1.807, 2.05) is 6.07 Å². The number of rotatable bonds is 2. The summed E-state index contributed by atoms with van der Waals surface area (Å²) in [5, 5.41) is 18.4. The number of nitriles is 1. The molecule has 0 unspecified atom stereocenters. The predicted molar refractivity (Wildman–Crippen MR) is 81.4 cm³/mol. The molecule has 0 aliphatic heterocycles. The third-order valence-corrected chi connectivity index (χ3v) is 3.76. The van der Waals surface area contributed by atoms with Gasteiger partial charge in [-0.05, 0) is 6.07 Å². The molecule has 6 heteroatoms. The van der Waals surface area contributed by atoms with Crippen LogP contribution in [0.1, 0.15) is 17.0 Å². The largest absolute Gasteiger partial charge is 0.506 e. The molecule has 0 saturated heterocycles. The fraction of sp³-hybridized carbons (Fsp3) is 0.182. The van der Waals surface area contributed by atoms with Crippen LogP contribution in [0.2, 0.25) is 0 Å². The smallest absolute Gasteiger partial charge is 0.135 e. The summed E-state index contributed by atoms with van der Waals surface area (Å²) < 4.78 is 1.56. The fourth-order valence-electron chi connectivity index (χ4n) is 1.47. The second-order valence-electron chi connectivity index (χ2n) is 3.35. The highest BCUT2D eigenvalue weighted by Gasteiger charge is 2.10. The number of phenols is 1. The molecule has 1 aromatic heterocycles. The standard InChI is InChI=1S/C11H7I2N3O/c12-3-9-10(4-13)16-8-2-11(17)6(5-14)1-7(8)15-9/h1-2,17H,3-4H2. The van der Waals surface area contributed by atoms with Crippen molar-refractivity contribution in [2.24, 2.45) is 0 Å². The van der Waals surface area contributed by atoms with Crippen LogP contribution in [0, 0.1) is 11.3 Å². The van der Waals surface area contributed by atoms with Crippen LogP contribution in [0.5, 0.6) is 5.75 Å². The molecule has 2 rings (SSSR count). The first-order valence-corrected chi connectivity index (χ1v) is 7.79.